The van der Waals surface area contributed by atoms with Crippen LogP contribution in [0.5, 0.6) is 0 Å². The van der Waals surface area contributed by atoms with Crippen LogP contribution in [-0.4, -0.2) is 53.4 Å². The number of aliphatic hydroxyl groups excluding tert-OH is 1. The summed E-state index contributed by atoms with van der Waals surface area (Å²) in [7, 11) is 1.17. The fourth-order valence-corrected chi connectivity index (χ4v) is 3.12. The molecule has 0 radical (unpaired) electrons. The maximum Gasteiger partial charge on any atom is 0.407 e. The number of esters is 1. The molecule has 0 fully saturated rings. The molecule has 162 valence electrons. The Morgan fingerprint density at radius 3 is 2.43 bits per heavy atom. The van der Waals surface area contributed by atoms with Gasteiger partial charge in [-0.2, -0.15) is 0 Å². The molecule has 0 aliphatic rings. The zero-order chi connectivity index (χ0) is 22.3. The highest BCUT2D eigenvalue weighted by atomic mass is 32.1. The van der Waals surface area contributed by atoms with Crippen molar-refractivity contribution in [3.05, 3.63) is 40.9 Å². The topological polar surface area (TPSA) is 127 Å². The SMILES string of the molecule is COC(=O)[C@H](CO)NC(=O)c1csc(-c2ccc(CNC(=O)OC(C)(C)C)cc2)n1. The fraction of sp³-hybridized carbons (Fsp3) is 0.400. The molecule has 0 unspecified atom stereocenters. The van der Waals surface area contributed by atoms with Crippen molar-refractivity contribution in [1.29, 1.82) is 0 Å². The Kier molecular flexibility index (Phi) is 7.90. The molecular formula is C20H25N3O6S. The van der Waals surface area contributed by atoms with E-state index in [4.69, 9.17) is 4.74 Å². The quantitative estimate of drug-likeness (QED) is 0.568. The van der Waals surface area contributed by atoms with Gasteiger partial charge >= 0.3 is 12.1 Å². The Bertz CT molecular complexity index is 889. The Morgan fingerprint density at radius 1 is 1.20 bits per heavy atom. The summed E-state index contributed by atoms with van der Waals surface area (Å²) in [5.74, 6) is -1.32. The Labute approximate surface area is 178 Å². The molecule has 0 aliphatic carbocycles. The van der Waals surface area contributed by atoms with Crippen molar-refractivity contribution in [1.82, 2.24) is 15.6 Å². The fourth-order valence-electron chi connectivity index (χ4n) is 2.32. The van der Waals surface area contributed by atoms with Crippen LogP contribution in [0.2, 0.25) is 0 Å². The summed E-state index contributed by atoms with van der Waals surface area (Å²) >= 11 is 1.27. The highest BCUT2D eigenvalue weighted by Gasteiger charge is 2.22. The molecule has 9 nitrogen and oxygen atoms in total. The van der Waals surface area contributed by atoms with Crippen molar-refractivity contribution in [2.75, 3.05) is 13.7 Å². The zero-order valence-electron chi connectivity index (χ0n) is 17.2. The van der Waals surface area contributed by atoms with E-state index in [9.17, 15) is 19.5 Å². The van der Waals surface area contributed by atoms with Crippen LogP contribution in [0.3, 0.4) is 0 Å². The summed E-state index contributed by atoms with van der Waals surface area (Å²) in [6.07, 6.45) is -0.490. The van der Waals surface area contributed by atoms with Crippen LogP contribution < -0.4 is 10.6 Å². The molecule has 0 saturated heterocycles. The Morgan fingerprint density at radius 2 is 1.87 bits per heavy atom. The minimum atomic E-state index is -1.15. The number of carbonyl (C=O) groups is 3. The predicted octanol–water partition coefficient (Wildman–Crippen LogP) is 2.10. The second kappa shape index (κ2) is 10.2. The van der Waals surface area contributed by atoms with E-state index in [0.717, 1.165) is 11.1 Å². The van der Waals surface area contributed by atoms with Gasteiger partial charge in [-0.1, -0.05) is 24.3 Å². The van der Waals surface area contributed by atoms with Crippen molar-refractivity contribution in [3.8, 4) is 10.6 Å². The highest BCUT2D eigenvalue weighted by molar-refractivity contribution is 7.13. The molecule has 0 saturated carbocycles. The molecular weight excluding hydrogens is 410 g/mol. The van der Waals surface area contributed by atoms with E-state index >= 15 is 0 Å². The number of methoxy groups -OCH3 is 1. The van der Waals surface area contributed by atoms with Crippen molar-refractivity contribution in [3.63, 3.8) is 0 Å². The smallest absolute Gasteiger partial charge is 0.407 e. The van der Waals surface area contributed by atoms with Gasteiger partial charge in [-0.25, -0.2) is 14.6 Å². The minimum absolute atomic E-state index is 0.132. The lowest BCUT2D eigenvalue weighted by Crippen LogP contribution is -2.44. The molecule has 2 amide bonds. The molecule has 30 heavy (non-hydrogen) atoms. The van der Waals surface area contributed by atoms with Crippen LogP contribution >= 0.6 is 11.3 Å². The van der Waals surface area contributed by atoms with Gasteiger partial charge in [-0.3, -0.25) is 4.79 Å². The summed E-state index contributed by atoms with van der Waals surface area (Å²) in [6.45, 7) is 5.13. The number of rotatable bonds is 7. The van der Waals surface area contributed by atoms with E-state index in [1.807, 2.05) is 24.3 Å². The number of benzene rings is 1. The summed E-state index contributed by atoms with van der Waals surface area (Å²) in [5, 5.41) is 16.4. The monoisotopic (exact) mass is 435 g/mol. The highest BCUT2D eigenvalue weighted by Crippen LogP contribution is 2.24. The van der Waals surface area contributed by atoms with Gasteiger partial charge in [0.15, 0.2) is 6.04 Å². The second-order valence-electron chi connectivity index (χ2n) is 7.32. The first-order valence-corrected chi connectivity index (χ1v) is 10.0. The first kappa shape index (κ1) is 23.3. The third-order valence-electron chi connectivity index (χ3n) is 3.75. The number of carbonyl (C=O) groups excluding carboxylic acids is 3. The number of aromatic nitrogens is 1. The molecule has 0 spiro atoms. The number of thiazole rings is 1. The molecule has 1 heterocycles. The number of ether oxygens (including phenoxy) is 2. The largest absolute Gasteiger partial charge is 0.467 e. The number of nitrogens with one attached hydrogen (secondary N) is 2. The first-order valence-electron chi connectivity index (χ1n) is 9.14. The zero-order valence-corrected chi connectivity index (χ0v) is 18.0. The lowest BCUT2D eigenvalue weighted by atomic mass is 10.1. The van der Waals surface area contributed by atoms with E-state index in [2.05, 4.69) is 20.4 Å². The number of hydrogen-bond donors (Lipinski definition) is 3. The van der Waals surface area contributed by atoms with Crippen LogP contribution in [0.25, 0.3) is 10.6 Å². The molecule has 1 aromatic heterocycles. The van der Waals surface area contributed by atoms with Gasteiger partial charge in [0, 0.05) is 17.5 Å². The molecule has 3 N–H and O–H groups in total. The maximum absolute atomic E-state index is 12.2. The van der Waals surface area contributed by atoms with Gasteiger partial charge in [-0.05, 0) is 26.3 Å². The van der Waals surface area contributed by atoms with Gasteiger partial charge in [0.05, 0.1) is 13.7 Å². The molecule has 0 aliphatic heterocycles. The molecule has 2 aromatic rings. The van der Waals surface area contributed by atoms with E-state index in [-0.39, 0.29) is 5.69 Å². The van der Waals surface area contributed by atoms with Gasteiger partial charge in [0.25, 0.3) is 5.91 Å². The molecule has 2 rings (SSSR count). The summed E-state index contributed by atoms with van der Waals surface area (Å²) in [4.78, 5) is 39.7. The average Bonchev–Trinajstić information content (AvgIpc) is 3.19. The van der Waals surface area contributed by atoms with E-state index in [1.165, 1.54) is 18.4 Å². The Balaban J connectivity index is 1.98. The maximum atomic E-state index is 12.2. The molecule has 1 aromatic carbocycles. The van der Waals surface area contributed by atoms with E-state index in [1.54, 1.807) is 26.2 Å². The summed E-state index contributed by atoms with van der Waals surface area (Å²) in [5.41, 5.74) is 1.25. The predicted molar refractivity (Wildman–Crippen MR) is 111 cm³/mol. The molecule has 0 bridgehead atoms. The van der Waals surface area contributed by atoms with Gasteiger partial charge in [0.2, 0.25) is 0 Å². The number of aliphatic hydroxyl groups is 1. The standard InChI is InChI=1S/C20H25N3O6S/c1-20(2,3)29-19(27)21-9-12-5-7-13(8-6-12)17-23-15(11-30-17)16(25)22-14(10-24)18(26)28-4/h5-8,11,14,24H,9-10H2,1-4H3,(H,21,27)(H,22,25)/t14-/m0/s1. The van der Waals surface area contributed by atoms with Crippen LogP contribution in [0.1, 0.15) is 36.8 Å². The minimum Gasteiger partial charge on any atom is -0.467 e. The van der Waals surface area contributed by atoms with Crippen LogP contribution in [0.15, 0.2) is 29.6 Å². The third kappa shape index (κ3) is 6.82. The van der Waals surface area contributed by atoms with Crippen molar-refractivity contribution >= 4 is 29.3 Å². The van der Waals surface area contributed by atoms with Crippen molar-refractivity contribution < 1.29 is 29.0 Å². The van der Waals surface area contributed by atoms with Crippen molar-refractivity contribution in [2.45, 2.75) is 39.0 Å². The van der Waals surface area contributed by atoms with E-state index < -0.39 is 36.2 Å². The molecule has 1 atom stereocenters. The number of amides is 2. The third-order valence-corrected chi connectivity index (χ3v) is 4.64. The molecule has 10 heteroatoms. The lowest BCUT2D eigenvalue weighted by molar-refractivity contribution is -0.143. The summed E-state index contributed by atoms with van der Waals surface area (Å²) < 4.78 is 9.71. The van der Waals surface area contributed by atoms with Crippen molar-refractivity contribution in [2.24, 2.45) is 0 Å². The van der Waals surface area contributed by atoms with Gasteiger partial charge < -0.3 is 25.2 Å². The number of hydrogen-bond acceptors (Lipinski definition) is 8. The Hall–Kier alpha value is -2.98. The van der Waals surface area contributed by atoms with Crippen LogP contribution in [-0.2, 0) is 20.8 Å². The normalized spacial score (nSPS) is 12.0. The average molecular weight is 436 g/mol. The van der Waals surface area contributed by atoms with Crippen LogP contribution in [0.4, 0.5) is 4.79 Å². The lowest BCUT2D eigenvalue weighted by Gasteiger charge is -2.19. The number of alkyl carbamates (subject to hydrolysis) is 1. The van der Waals surface area contributed by atoms with Crippen LogP contribution in [0, 0.1) is 0 Å². The first-order chi connectivity index (χ1) is 14.1. The summed E-state index contributed by atoms with van der Waals surface area (Å²) in [6, 6.07) is 6.19. The number of nitrogens with zero attached hydrogens (tertiary/aromatic N) is 1. The van der Waals surface area contributed by atoms with Gasteiger partial charge in [0.1, 0.15) is 16.3 Å². The van der Waals surface area contributed by atoms with Gasteiger partial charge in [-0.15, -0.1) is 11.3 Å². The van der Waals surface area contributed by atoms with E-state index in [0.29, 0.717) is 11.6 Å². The second-order valence-corrected chi connectivity index (χ2v) is 8.18.